The Bertz CT molecular complexity index is 1310. The minimum absolute atomic E-state index is 0.0928. The van der Waals surface area contributed by atoms with Crippen LogP contribution in [0.25, 0.3) is 0 Å². The molecule has 0 fully saturated rings. The van der Waals surface area contributed by atoms with Crippen molar-refractivity contribution in [2.24, 2.45) is 0 Å². The molecular formula is C67H120O6. The van der Waals surface area contributed by atoms with Crippen LogP contribution >= 0.6 is 0 Å². The molecule has 424 valence electrons. The van der Waals surface area contributed by atoms with Crippen molar-refractivity contribution < 1.29 is 28.6 Å². The first kappa shape index (κ1) is 70.1. The van der Waals surface area contributed by atoms with E-state index in [2.05, 4.69) is 81.5 Å². The van der Waals surface area contributed by atoms with Crippen LogP contribution in [-0.2, 0) is 28.6 Å². The number of carbonyl (C=O) groups excluding carboxylic acids is 3. The molecule has 0 bridgehead atoms. The summed E-state index contributed by atoms with van der Waals surface area (Å²) in [4.78, 5) is 38.1. The van der Waals surface area contributed by atoms with Crippen molar-refractivity contribution in [1.29, 1.82) is 0 Å². The summed E-state index contributed by atoms with van der Waals surface area (Å²) in [6.07, 6.45) is 78.3. The molecule has 6 heteroatoms. The van der Waals surface area contributed by atoms with Crippen molar-refractivity contribution in [1.82, 2.24) is 0 Å². The molecule has 0 saturated heterocycles. The highest BCUT2D eigenvalue weighted by molar-refractivity contribution is 5.71. The lowest BCUT2D eigenvalue weighted by Crippen LogP contribution is -2.30. The highest BCUT2D eigenvalue weighted by Crippen LogP contribution is 2.18. The number of hydrogen-bond acceptors (Lipinski definition) is 6. The second-order valence-corrected chi connectivity index (χ2v) is 21.3. The van der Waals surface area contributed by atoms with E-state index in [-0.39, 0.29) is 37.5 Å². The smallest absolute Gasteiger partial charge is 0.306 e. The van der Waals surface area contributed by atoms with Gasteiger partial charge in [-0.15, -0.1) is 0 Å². The van der Waals surface area contributed by atoms with Crippen molar-refractivity contribution in [3.05, 3.63) is 60.8 Å². The number of unbranched alkanes of at least 4 members (excludes halogenated alkanes) is 37. The minimum atomic E-state index is -0.800. The highest BCUT2D eigenvalue weighted by atomic mass is 16.6. The molecule has 0 aromatic carbocycles. The lowest BCUT2D eigenvalue weighted by molar-refractivity contribution is -0.167. The van der Waals surface area contributed by atoms with Gasteiger partial charge in [-0.3, -0.25) is 14.4 Å². The molecule has 0 aromatic heterocycles. The van der Waals surface area contributed by atoms with Gasteiger partial charge >= 0.3 is 17.9 Å². The molecule has 0 aliphatic heterocycles. The third kappa shape index (κ3) is 59.9. The average molecular weight is 1020 g/mol. The second-order valence-electron chi connectivity index (χ2n) is 21.3. The predicted molar refractivity (Wildman–Crippen MR) is 316 cm³/mol. The molecule has 0 aromatic rings. The standard InChI is InChI=1S/C67H120O6/c1-4-7-10-13-16-19-22-24-26-28-29-30-31-32-33-34-35-36-37-38-40-41-43-45-48-51-54-57-60-66(69)72-63-64(62-71-65(68)59-56-53-50-47-21-18-15-12-9-6-3)73-67(70)61-58-55-52-49-46-44-42-39-27-25-23-20-17-14-11-8-5-2/h8,11,17,20,25,27,42,44,49,52,64H,4-7,9-10,12-16,18-19,21-24,26,28-41,43,45-48,50-51,53-63H2,1-3H3/b11-8-,20-17-,27-25-,44-42-,52-49-. The summed E-state index contributed by atoms with van der Waals surface area (Å²) in [5, 5.41) is 0. The van der Waals surface area contributed by atoms with Gasteiger partial charge in [0, 0.05) is 19.3 Å². The summed E-state index contributed by atoms with van der Waals surface area (Å²) in [5.74, 6) is -0.938. The minimum Gasteiger partial charge on any atom is -0.462 e. The molecule has 0 spiro atoms. The molecule has 0 saturated carbocycles. The van der Waals surface area contributed by atoms with Crippen molar-refractivity contribution >= 4 is 17.9 Å². The van der Waals surface area contributed by atoms with Gasteiger partial charge in [0.2, 0.25) is 0 Å². The zero-order valence-corrected chi connectivity index (χ0v) is 48.7. The quantitative estimate of drug-likeness (QED) is 0.0261. The topological polar surface area (TPSA) is 78.9 Å². The molecule has 1 atom stereocenters. The Kier molecular flexibility index (Phi) is 59.2. The summed E-state index contributed by atoms with van der Waals surface area (Å²) in [6.45, 7) is 6.51. The molecule has 0 amide bonds. The summed E-state index contributed by atoms with van der Waals surface area (Å²) >= 11 is 0. The van der Waals surface area contributed by atoms with Crippen LogP contribution in [0.4, 0.5) is 0 Å². The number of allylic oxidation sites excluding steroid dienone is 10. The lowest BCUT2D eigenvalue weighted by atomic mass is 10.0. The highest BCUT2D eigenvalue weighted by Gasteiger charge is 2.19. The van der Waals surface area contributed by atoms with E-state index in [1.807, 2.05) is 0 Å². The lowest BCUT2D eigenvalue weighted by Gasteiger charge is -2.18. The number of rotatable bonds is 58. The van der Waals surface area contributed by atoms with E-state index in [9.17, 15) is 14.4 Å². The average Bonchev–Trinajstić information content (AvgIpc) is 3.39. The van der Waals surface area contributed by atoms with E-state index in [1.54, 1.807) is 0 Å². The summed E-state index contributed by atoms with van der Waals surface area (Å²) in [5.41, 5.74) is 0. The Morgan fingerprint density at radius 3 is 0.822 bits per heavy atom. The van der Waals surface area contributed by atoms with Crippen LogP contribution in [-0.4, -0.2) is 37.2 Å². The van der Waals surface area contributed by atoms with Gasteiger partial charge in [0.15, 0.2) is 6.10 Å². The van der Waals surface area contributed by atoms with Crippen LogP contribution in [0.2, 0.25) is 0 Å². The fraction of sp³-hybridized carbons (Fsp3) is 0.806. The van der Waals surface area contributed by atoms with Gasteiger partial charge in [0.05, 0.1) is 0 Å². The predicted octanol–water partition coefficient (Wildman–Crippen LogP) is 21.6. The number of hydrogen-bond donors (Lipinski definition) is 0. The van der Waals surface area contributed by atoms with Crippen LogP contribution in [0.15, 0.2) is 60.8 Å². The maximum Gasteiger partial charge on any atom is 0.306 e. The summed E-state index contributed by atoms with van der Waals surface area (Å²) in [6, 6.07) is 0. The SMILES string of the molecule is CC/C=C\C/C=C\C/C=C\C/C=C\C/C=C\CCCC(=O)OC(COC(=O)CCCCCCCCCCCC)COC(=O)CCCCCCCCCCCCCCCCCCCCCCCCCCCCCC. The second kappa shape index (κ2) is 61.7. The van der Waals surface area contributed by atoms with E-state index in [4.69, 9.17) is 14.2 Å². The van der Waals surface area contributed by atoms with Crippen LogP contribution in [0.5, 0.6) is 0 Å². The molecule has 0 N–H and O–H groups in total. The zero-order chi connectivity index (χ0) is 52.9. The normalized spacial score (nSPS) is 12.4. The molecule has 0 heterocycles. The van der Waals surface area contributed by atoms with E-state index in [0.29, 0.717) is 19.3 Å². The molecule has 6 nitrogen and oxygen atoms in total. The van der Waals surface area contributed by atoms with Crippen LogP contribution in [0, 0.1) is 0 Å². The first-order valence-electron chi connectivity index (χ1n) is 31.8. The number of carbonyl (C=O) groups is 3. The maximum absolute atomic E-state index is 12.8. The van der Waals surface area contributed by atoms with E-state index < -0.39 is 6.10 Å². The molecule has 1 unspecified atom stereocenters. The Balaban J connectivity index is 4.19. The molecule has 0 radical (unpaired) electrons. The maximum atomic E-state index is 12.8. The third-order valence-electron chi connectivity index (χ3n) is 14.0. The van der Waals surface area contributed by atoms with Crippen LogP contribution in [0.1, 0.15) is 329 Å². The van der Waals surface area contributed by atoms with E-state index in [0.717, 1.165) is 77.0 Å². The van der Waals surface area contributed by atoms with Gasteiger partial charge in [0.1, 0.15) is 13.2 Å². The van der Waals surface area contributed by atoms with E-state index >= 15 is 0 Å². The van der Waals surface area contributed by atoms with Crippen molar-refractivity contribution in [3.8, 4) is 0 Å². The first-order chi connectivity index (χ1) is 36.0. The Hall–Kier alpha value is -2.89. The van der Waals surface area contributed by atoms with Gasteiger partial charge in [-0.25, -0.2) is 0 Å². The monoisotopic (exact) mass is 1020 g/mol. The van der Waals surface area contributed by atoms with Gasteiger partial charge < -0.3 is 14.2 Å². The summed E-state index contributed by atoms with van der Waals surface area (Å²) in [7, 11) is 0. The summed E-state index contributed by atoms with van der Waals surface area (Å²) < 4.78 is 16.8. The van der Waals surface area contributed by atoms with Gasteiger partial charge in [-0.1, -0.05) is 313 Å². The Morgan fingerprint density at radius 1 is 0.288 bits per heavy atom. The van der Waals surface area contributed by atoms with Gasteiger partial charge in [-0.05, 0) is 57.8 Å². The molecule has 0 aliphatic carbocycles. The van der Waals surface area contributed by atoms with E-state index in [1.165, 1.54) is 205 Å². The first-order valence-corrected chi connectivity index (χ1v) is 31.8. The zero-order valence-electron chi connectivity index (χ0n) is 48.7. The van der Waals surface area contributed by atoms with Crippen LogP contribution in [0.3, 0.4) is 0 Å². The molecular weight excluding hydrogens is 901 g/mol. The third-order valence-corrected chi connectivity index (χ3v) is 14.0. The Labute approximate surface area is 453 Å². The Morgan fingerprint density at radius 2 is 0.534 bits per heavy atom. The van der Waals surface area contributed by atoms with Gasteiger partial charge in [0.25, 0.3) is 0 Å². The van der Waals surface area contributed by atoms with Crippen molar-refractivity contribution in [3.63, 3.8) is 0 Å². The van der Waals surface area contributed by atoms with Crippen LogP contribution < -0.4 is 0 Å². The molecule has 0 rings (SSSR count). The van der Waals surface area contributed by atoms with Crippen molar-refractivity contribution in [2.45, 2.75) is 335 Å². The fourth-order valence-corrected chi connectivity index (χ4v) is 9.31. The molecule has 0 aliphatic rings. The molecule has 73 heavy (non-hydrogen) atoms. The van der Waals surface area contributed by atoms with Gasteiger partial charge in [-0.2, -0.15) is 0 Å². The largest absolute Gasteiger partial charge is 0.462 e. The fourth-order valence-electron chi connectivity index (χ4n) is 9.31. The number of ether oxygens (including phenoxy) is 3. The number of esters is 3. The van der Waals surface area contributed by atoms with Crippen molar-refractivity contribution in [2.75, 3.05) is 13.2 Å².